The smallest absolute Gasteiger partial charge is 0.748 e. The molecule has 0 aliphatic heterocycles. The second-order valence-corrected chi connectivity index (χ2v) is 6.51. The maximum Gasteiger partial charge on any atom is 1.00 e. The summed E-state index contributed by atoms with van der Waals surface area (Å²) in [6.45, 7) is 3.79. The normalized spacial score (nSPS) is 14.7. The van der Waals surface area contributed by atoms with E-state index in [2.05, 4.69) is 6.92 Å². The summed E-state index contributed by atoms with van der Waals surface area (Å²) in [7, 11) is -4.37. The van der Waals surface area contributed by atoms with E-state index in [0.29, 0.717) is 6.42 Å². The van der Waals surface area contributed by atoms with Gasteiger partial charge in [0.1, 0.15) is 10.1 Å². The third kappa shape index (κ3) is 11.8. The van der Waals surface area contributed by atoms with E-state index in [1.165, 1.54) is 25.7 Å². The largest absolute Gasteiger partial charge is 1.00 e. The van der Waals surface area contributed by atoms with Crippen molar-refractivity contribution in [1.29, 1.82) is 0 Å². The first-order valence-electron chi connectivity index (χ1n) is 7.06. The number of aliphatic hydroxyl groups is 1. The second-order valence-electron chi connectivity index (χ2n) is 4.92. The van der Waals surface area contributed by atoms with Crippen molar-refractivity contribution in [2.24, 2.45) is 0 Å². The molecule has 2 atom stereocenters. The van der Waals surface area contributed by atoms with Crippen molar-refractivity contribution >= 4 is 10.1 Å². The van der Waals surface area contributed by atoms with Crippen molar-refractivity contribution in [3.05, 3.63) is 0 Å². The van der Waals surface area contributed by atoms with E-state index in [9.17, 15) is 18.1 Å². The van der Waals surface area contributed by atoms with Gasteiger partial charge in [0.2, 0.25) is 0 Å². The standard InChI is InChI=1S/C13H28O4S.K/c1-3-5-6-7-8-9-10-11-12(14)13(4-2)18(15,16)17;/h12-14H,3-11H2,1-2H3,(H,15,16,17);/q;+1/p-1. The number of rotatable bonds is 11. The van der Waals surface area contributed by atoms with Crippen molar-refractivity contribution in [3.8, 4) is 0 Å². The minimum Gasteiger partial charge on any atom is -0.748 e. The van der Waals surface area contributed by atoms with Crippen LogP contribution in [0.5, 0.6) is 0 Å². The molecule has 0 aliphatic rings. The summed E-state index contributed by atoms with van der Waals surface area (Å²) in [5.41, 5.74) is 0. The summed E-state index contributed by atoms with van der Waals surface area (Å²) in [5, 5.41) is 8.57. The van der Waals surface area contributed by atoms with Crippen molar-refractivity contribution in [3.63, 3.8) is 0 Å². The van der Waals surface area contributed by atoms with Gasteiger partial charge in [-0.05, 0) is 12.8 Å². The fraction of sp³-hybridized carbons (Fsp3) is 1.00. The molecule has 0 aliphatic carbocycles. The molecule has 1 N–H and O–H groups in total. The van der Waals surface area contributed by atoms with Crippen LogP contribution in [0.15, 0.2) is 0 Å². The van der Waals surface area contributed by atoms with Crippen LogP contribution in [0.2, 0.25) is 0 Å². The topological polar surface area (TPSA) is 77.4 Å². The van der Waals surface area contributed by atoms with Gasteiger partial charge in [-0.3, -0.25) is 0 Å². The summed E-state index contributed by atoms with van der Waals surface area (Å²) in [4.78, 5) is 0. The maximum absolute atomic E-state index is 10.9. The molecule has 6 heteroatoms. The molecule has 19 heavy (non-hydrogen) atoms. The molecule has 0 bridgehead atoms. The maximum atomic E-state index is 10.9. The molecule has 0 aromatic carbocycles. The Morgan fingerprint density at radius 1 is 1.00 bits per heavy atom. The van der Waals surface area contributed by atoms with E-state index >= 15 is 0 Å². The van der Waals surface area contributed by atoms with Gasteiger partial charge in [0.15, 0.2) is 0 Å². The van der Waals surface area contributed by atoms with Crippen LogP contribution < -0.4 is 51.4 Å². The predicted octanol–water partition coefficient (Wildman–Crippen LogP) is -0.184. The summed E-state index contributed by atoms with van der Waals surface area (Å²) in [6.07, 6.45) is 7.41. The Hall–Kier alpha value is 1.51. The predicted molar refractivity (Wildman–Crippen MR) is 72.4 cm³/mol. The number of hydrogen-bond acceptors (Lipinski definition) is 4. The average molecular weight is 319 g/mol. The molecule has 0 heterocycles. The Labute approximate surface area is 160 Å². The first-order chi connectivity index (χ1) is 8.43. The second kappa shape index (κ2) is 13.2. The van der Waals surface area contributed by atoms with E-state index in [0.717, 1.165) is 19.3 Å². The molecule has 0 amide bonds. The summed E-state index contributed by atoms with van der Waals surface area (Å²) < 4.78 is 32.7. The Morgan fingerprint density at radius 2 is 1.47 bits per heavy atom. The molecule has 0 rings (SSSR count). The van der Waals surface area contributed by atoms with Crippen LogP contribution in [0.4, 0.5) is 0 Å². The third-order valence-corrected chi connectivity index (χ3v) is 4.69. The fourth-order valence-corrected chi connectivity index (χ4v) is 3.09. The van der Waals surface area contributed by atoms with Gasteiger partial charge in [-0.2, -0.15) is 0 Å². The van der Waals surface area contributed by atoms with Crippen LogP contribution in [0.3, 0.4) is 0 Å². The SMILES string of the molecule is CCCCCCCCCC(O)C(CC)S(=O)(=O)[O-].[K+]. The van der Waals surface area contributed by atoms with E-state index in [1.54, 1.807) is 6.92 Å². The third-order valence-electron chi connectivity index (χ3n) is 3.31. The molecule has 0 fully saturated rings. The first kappa shape index (κ1) is 22.8. The molecule has 0 saturated carbocycles. The zero-order chi connectivity index (χ0) is 14.0. The number of hydrogen-bond donors (Lipinski definition) is 1. The monoisotopic (exact) mass is 318 g/mol. The molecule has 4 nitrogen and oxygen atoms in total. The van der Waals surface area contributed by atoms with Gasteiger partial charge < -0.3 is 9.66 Å². The minimum atomic E-state index is -4.37. The number of aliphatic hydroxyl groups excluding tert-OH is 1. The Morgan fingerprint density at radius 3 is 1.89 bits per heavy atom. The van der Waals surface area contributed by atoms with Crippen molar-refractivity contribution in [1.82, 2.24) is 0 Å². The summed E-state index contributed by atoms with van der Waals surface area (Å²) >= 11 is 0. The van der Waals surface area contributed by atoms with Gasteiger partial charge in [-0.25, -0.2) is 8.42 Å². The molecule has 2 unspecified atom stereocenters. The van der Waals surface area contributed by atoms with Gasteiger partial charge in [-0.15, -0.1) is 0 Å². The summed E-state index contributed by atoms with van der Waals surface area (Å²) in [5.74, 6) is 0. The van der Waals surface area contributed by atoms with Gasteiger partial charge in [0.05, 0.1) is 11.4 Å². The quantitative estimate of drug-likeness (QED) is 0.326. The molecule has 0 spiro atoms. The number of unbranched alkanes of at least 4 members (excludes halogenated alkanes) is 6. The van der Waals surface area contributed by atoms with Crippen molar-refractivity contribution < 1.29 is 69.5 Å². The Balaban J connectivity index is 0. The van der Waals surface area contributed by atoms with Gasteiger partial charge in [-0.1, -0.05) is 58.8 Å². The Kier molecular flexibility index (Phi) is 15.8. The van der Waals surface area contributed by atoms with Crippen LogP contribution in [0.1, 0.15) is 71.6 Å². The van der Waals surface area contributed by atoms with Gasteiger partial charge >= 0.3 is 51.4 Å². The van der Waals surface area contributed by atoms with Crippen LogP contribution in [-0.4, -0.2) is 29.4 Å². The minimum absolute atomic E-state index is 0. The van der Waals surface area contributed by atoms with Crippen LogP contribution >= 0.6 is 0 Å². The molecule has 0 aromatic rings. The van der Waals surface area contributed by atoms with E-state index in [4.69, 9.17) is 0 Å². The van der Waals surface area contributed by atoms with Crippen LogP contribution in [0, 0.1) is 0 Å². The zero-order valence-electron chi connectivity index (χ0n) is 12.6. The first-order valence-corrected chi connectivity index (χ1v) is 8.53. The molecular formula is C13H27KO4S. The Bertz CT molecular complexity index is 293. The summed E-state index contributed by atoms with van der Waals surface area (Å²) in [6, 6.07) is 0. The van der Waals surface area contributed by atoms with E-state index in [1.807, 2.05) is 0 Å². The van der Waals surface area contributed by atoms with E-state index < -0.39 is 21.5 Å². The average Bonchev–Trinajstić information content (AvgIpc) is 2.27. The molecule has 0 saturated heterocycles. The zero-order valence-corrected chi connectivity index (χ0v) is 16.5. The molecule has 110 valence electrons. The van der Waals surface area contributed by atoms with Gasteiger partial charge in [0.25, 0.3) is 0 Å². The van der Waals surface area contributed by atoms with Crippen LogP contribution in [0.25, 0.3) is 0 Å². The van der Waals surface area contributed by atoms with Crippen molar-refractivity contribution in [2.75, 3.05) is 0 Å². The van der Waals surface area contributed by atoms with Crippen LogP contribution in [-0.2, 0) is 10.1 Å². The van der Waals surface area contributed by atoms with Gasteiger partial charge in [0, 0.05) is 0 Å². The van der Waals surface area contributed by atoms with E-state index in [-0.39, 0.29) is 57.8 Å². The molecule has 0 radical (unpaired) electrons. The molecular weight excluding hydrogens is 291 g/mol. The van der Waals surface area contributed by atoms with Crippen molar-refractivity contribution in [2.45, 2.75) is 83.0 Å². The molecule has 0 aromatic heterocycles. The fourth-order valence-electron chi connectivity index (χ4n) is 2.17.